The van der Waals surface area contributed by atoms with E-state index in [4.69, 9.17) is 11.6 Å². The van der Waals surface area contributed by atoms with E-state index in [2.05, 4.69) is 5.32 Å². The van der Waals surface area contributed by atoms with E-state index in [1.807, 2.05) is 24.3 Å². The number of rotatable bonds is 5. The molecule has 2 aromatic carbocycles. The van der Waals surface area contributed by atoms with Gasteiger partial charge in [0.15, 0.2) is 0 Å². The Bertz CT molecular complexity index is 537. The van der Waals surface area contributed by atoms with Crippen molar-refractivity contribution in [2.45, 2.75) is 19.0 Å². The van der Waals surface area contributed by atoms with Crippen LogP contribution in [-0.4, -0.2) is 0 Å². The van der Waals surface area contributed by atoms with Crippen LogP contribution in [0, 0.1) is 11.6 Å². The van der Waals surface area contributed by atoms with Crippen molar-refractivity contribution in [1.82, 2.24) is 5.32 Å². The van der Waals surface area contributed by atoms with Gasteiger partial charge in [0.25, 0.3) is 0 Å². The third-order valence-electron chi connectivity index (χ3n) is 2.73. The molecule has 0 heterocycles. The molecule has 0 atom stereocenters. The molecule has 2 rings (SSSR count). The first-order valence-electron chi connectivity index (χ1n) is 5.97. The Morgan fingerprint density at radius 2 is 1.47 bits per heavy atom. The van der Waals surface area contributed by atoms with Crippen LogP contribution in [0.1, 0.15) is 16.7 Å². The molecule has 0 fully saturated rings. The lowest BCUT2D eigenvalue weighted by molar-refractivity contribution is 0.575. The molecule has 0 aromatic heterocycles. The molecule has 1 N–H and O–H groups in total. The zero-order valence-corrected chi connectivity index (χ0v) is 11.1. The van der Waals surface area contributed by atoms with Gasteiger partial charge in [-0.15, -0.1) is 11.6 Å². The van der Waals surface area contributed by atoms with Crippen molar-refractivity contribution >= 4 is 11.6 Å². The number of alkyl halides is 1. The third kappa shape index (κ3) is 4.30. The fourth-order valence-corrected chi connectivity index (χ4v) is 2.05. The van der Waals surface area contributed by atoms with Crippen LogP contribution in [0.5, 0.6) is 0 Å². The SMILES string of the molecule is Fc1cc(F)cc(CNCc2cccc(CCl)c2)c1. The van der Waals surface area contributed by atoms with E-state index in [-0.39, 0.29) is 0 Å². The predicted octanol–water partition coefficient (Wildman–Crippen LogP) is 3.99. The standard InChI is InChI=1S/C15H14ClF2N/c16-8-11-2-1-3-12(4-11)9-19-10-13-5-14(17)7-15(18)6-13/h1-7,19H,8-10H2. The summed E-state index contributed by atoms with van der Waals surface area (Å²) in [7, 11) is 0. The van der Waals surface area contributed by atoms with Gasteiger partial charge in [-0.1, -0.05) is 24.3 Å². The van der Waals surface area contributed by atoms with E-state index in [9.17, 15) is 8.78 Å². The molecule has 0 aliphatic carbocycles. The molecule has 1 nitrogen and oxygen atoms in total. The lowest BCUT2D eigenvalue weighted by Gasteiger charge is -2.07. The third-order valence-corrected chi connectivity index (χ3v) is 3.03. The topological polar surface area (TPSA) is 12.0 Å². The summed E-state index contributed by atoms with van der Waals surface area (Å²) in [5.74, 6) is -0.634. The van der Waals surface area contributed by atoms with Gasteiger partial charge in [-0.3, -0.25) is 0 Å². The van der Waals surface area contributed by atoms with Crippen LogP contribution in [0.25, 0.3) is 0 Å². The summed E-state index contributed by atoms with van der Waals surface area (Å²) in [6.07, 6.45) is 0. The normalized spacial score (nSPS) is 10.7. The van der Waals surface area contributed by atoms with Crippen LogP contribution in [0.3, 0.4) is 0 Å². The van der Waals surface area contributed by atoms with Crippen molar-refractivity contribution in [3.8, 4) is 0 Å². The summed E-state index contributed by atoms with van der Waals surface area (Å²) in [5.41, 5.74) is 2.73. The Morgan fingerprint density at radius 3 is 2.16 bits per heavy atom. The molecule has 0 saturated heterocycles. The minimum atomic E-state index is -0.555. The van der Waals surface area contributed by atoms with Gasteiger partial charge in [-0.25, -0.2) is 8.78 Å². The highest BCUT2D eigenvalue weighted by molar-refractivity contribution is 6.17. The van der Waals surface area contributed by atoms with Crippen molar-refractivity contribution in [3.05, 3.63) is 70.8 Å². The Morgan fingerprint density at radius 1 is 0.842 bits per heavy atom. The molecule has 4 heteroatoms. The molecule has 0 aliphatic rings. The average Bonchev–Trinajstić information content (AvgIpc) is 2.38. The summed E-state index contributed by atoms with van der Waals surface area (Å²) >= 11 is 5.76. The maximum absolute atomic E-state index is 13.0. The van der Waals surface area contributed by atoms with E-state index in [0.717, 1.165) is 17.2 Å². The van der Waals surface area contributed by atoms with Crippen molar-refractivity contribution in [2.75, 3.05) is 0 Å². The summed E-state index contributed by atoms with van der Waals surface area (Å²) in [4.78, 5) is 0. The van der Waals surface area contributed by atoms with Gasteiger partial charge in [0.1, 0.15) is 11.6 Å². The van der Waals surface area contributed by atoms with E-state index in [1.54, 1.807) is 0 Å². The number of nitrogens with one attached hydrogen (secondary N) is 1. The molecule has 0 saturated carbocycles. The molecule has 0 spiro atoms. The second-order valence-corrected chi connectivity index (χ2v) is 4.60. The summed E-state index contributed by atoms with van der Waals surface area (Å²) < 4.78 is 26.0. The second-order valence-electron chi connectivity index (χ2n) is 4.33. The Balaban J connectivity index is 1.92. The average molecular weight is 282 g/mol. The molecule has 0 aliphatic heterocycles. The number of hydrogen-bond donors (Lipinski definition) is 1. The molecular weight excluding hydrogens is 268 g/mol. The lowest BCUT2D eigenvalue weighted by atomic mass is 10.1. The van der Waals surface area contributed by atoms with Crippen molar-refractivity contribution in [3.63, 3.8) is 0 Å². The van der Waals surface area contributed by atoms with Gasteiger partial charge < -0.3 is 5.32 Å². The van der Waals surface area contributed by atoms with Gasteiger partial charge in [-0.05, 0) is 28.8 Å². The summed E-state index contributed by atoms with van der Waals surface area (Å²) in [5, 5.41) is 3.15. The molecule has 0 unspecified atom stereocenters. The highest BCUT2D eigenvalue weighted by Gasteiger charge is 2.01. The first-order chi connectivity index (χ1) is 9.17. The molecule has 100 valence electrons. The first-order valence-corrected chi connectivity index (χ1v) is 6.50. The zero-order valence-electron chi connectivity index (χ0n) is 10.3. The zero-order chi connectivity index (χ0) is 13.7. The van der Waals surface area contributed by atoms with Crippen LogP contribution in [-0.2, 0) is 19.0 Å². The smallest absolute Gasteiger partial charge is 0.126 e. The fourth-order valence-electron chi connectivity index (χ4n) is 1.89. The molecule has 2 aromatic rings. The van der Waals surface area contributed by atoms with Crippen molar-refractivity contribution in [1.29, 1.82) is 0 Å². The molecule has 0 radical (unpaired) electrons. The lowest BCUT2D eigenvalue weighted by Crippen LogP contribution is -2.13. The quantitative estimate of drug-likeness (QED) is 0.817. The van der Waals surface area contributed by atoms with Gasteiger partial charge in [0, 0.05) is 25.0 Å². The Hall–Kier alpha value is -1.45. The molecule has 0 bridgehead atoms. The summed E-state index contributed by atoms with van der Waals surface area (Å²) in [6.45, 7) is 1.04. The van der Waals surface area contributed by atoms with Crippen molar-refractivity contribution < 1.29 is 8.78 Å². The fraction of sp³-hybridized carbons (Fsp3) is 0.200. The molecule has 0 amide bonds. The predicted molar refractivity (Wildman–Crippen MR) is 72.9 cm³/mol. The van der Waals surface area contributed by atoms with E-state index < -0.39 is 11.6 Å². The molecule has 19 heavy (non-hydrogen) atoms. The highest BCUT2D eigenvalue weighted by atomic mass is 35.5. The van der Waals surface area contributed by atoms with Gasteiger partial charge in [0.2, 0.25) is 0 Å². The van der Waals surface area contributed by atoms with Gasteiger partial charge in [0.05, 0.1) is 0 Å². The summed E-state index contributed by atoms with van der Waals surface area (Å²) in [6, 6.07) is 11.4. The van der Waals surface area contributed by atoms with Crippen LogP contribution >= 0.6 is 11.6 Å². The van der Waals surface area contributed by atoms with Crippen LogP contribution in [0.4, 0.5) is 8.78 Å². The molecular formula is C15H14ClF2N. The highest BCUT2D eigenvalue weighted by Crippen LogP contribution is 2.10. The van der Waals surface area contributed by atoms with Gasteiger partial charge in [-0.2, -0.15) is 0 Å². The van der Waals surface area contributed by atoms with Crippen LogP contribution < -0.4 is 5.32 Å². The number of hydrogen-bond acceptors (Lipinski definition) is 1. The van der Waals surface area contributed by atoms with Crippen LogP contribution in [0.15, 0.2) is 42.5 Å². The minimum Gasteiger partial charge on any atom is -0.309 e. The maximum atomic E-state index is 13.0. The van der Waals surface area contributed by atoms with Crippen molar-refractivity contribution in [2.24, 2.45) is 0 Å². The second kappa shape index (κ2) is 6.64. The maximum Gasteiger partial charge on any atom is 0.126 e. The number of halogens is 3. The van der Waals surface area contributed by atoms with Crippen LogP contribution in [0.2, 0.25) is 0 Å². The van der Waals surface area contributed by atoms with E-state index >= 15 is 0 Å². The monoisotopic (exact) mass is 281 g/mol. The largest absolute Gasteiger partial charge is 0.309 e. The Labute approximate surface area is 116 Å². The minimum absolute atomic E-state index is 0.416. The Kier molecular flexibility index (Phi) is 4.88. The van der Waals surface area contributed by atoms with E-state index in [0.29, 0.717) is 24.5 Å². The van der Waals surface area contributed by atoms with Gasteiger partial charge >= 0.3 is 0 Å². The first kappa shape index (κ1) is 14.0. The number of benzene rings is 2. The van der Waals surface area contributed by atoms with E-state index in [1.165, 1.54) is 12.1 Å².